The number of halogens is 1. The maximum atomic E-state index is 11.7. The second-order valence-electron chi connectivity index (χ2n) is 3.91. The van der Waals surface area contributed by atoms with Crippen LogP contribution < -0.4 is 5.32 Å². The highest BCUT2D eigenvalue weighted by molar-refractivity contribution is 7.15. The molecule has 1 aromatic carbocycles. The fraction of sp³-hybridized carbons (Fsp3) is 0.154. The number of ether oxygens (including phenoxy) is 1. The second kappa shape index (κ2) is 6.49. The van der Waals surface area contributed by atoms with E-state index in [1.807, 2.05) is 6.92 Å². The summed E-state index contributed by atoms with van der Waals surface area (Å²) in [5.41, 5.74) is 0.301. The Morgan fingerprint density at radius 3 is 2.90 bits per heavy atom. The average Bonchev–Trinajstić information content (AvgIpc) is 2.81. The lowest BCUT2D eigenvalue weighted by molar-refractivity contribution is -0.119. The van der Waals surface area contributed by atoms with E-state index in [4.69, 9.17) is 16.3 Å². The van der Waals surface area contributed by atoms with E-state index in [0.29, 0.717) is 15.7 Å². The highest BCUT2D eigenvalue weighted by atomic mass is 35.5. The Morgan fingerprint density at radius 2 is 2.25 bits per heavy atom. The van der Waals surface area contributed by atoms with E-state index in [-0.39, 0.29) is 6.61 Å². The van der Waals surface area contributed by atoms with Gasteiger partial charge in [0, 0.05) is 16.1 Å². The summed E-state index contributed by atoms with van der Waals surface area (Å²) in [4.78, 5) is 28.2. The molecule has 104 valence electrons. The van der Waals surface area contributed by atoms with Gasteiger partial charge in [-0.2, -0.15) is 0 Å². The van der Waals surface area contributed by atoms with Gasteiger partial charge in [0.15, 0.2) is 11.7 Å². The molecule has 2 aromatic rings. The van der Waals surface area contributed by atoms with Crippen LogP contribution >= 0.6 is 22.9 Å². The van der Waals surface area contributed by atoms with E-state index in [9.17, 15) is 9.59 Å². The smallest absolute Gasteiger partial charge is 0.338 e. The first-order valence-electron chi connectivity index (χ1n) is 5.69. The van der Waals surface area contributed by atoms with Gasteiger partial charge in [0.2, 0.25) is 0 Å². The number of rotatable bonds is 4. The molecule has 7 heteroatoms. The maximum absolute atomic E-state index is 11.7. The van der Waals surface area contributed by atoms with Gasteiger partial charge in [-0.25, -0.2) is 9.78 Å². The van der Waals surface area contributed by atoms with Gasteiger partial charge in [-0.1, -0.05) is 17.7 Å². The zero-order chi connectivity index (χ0) is 14.5. The van der Waals surface area contributed by atoms with Crippen molar-refractivity contribution in [3.63, 3.8) is 0 Å². The Hall–Kier alpha value is -1.92. The van der Waals surface area contributed by atoms with Crippen LogP contribution in [0, 0.1) is 6.92 Å². The highest BCUT2D eigenvalue weighted by Gasteiger charge is 2.11. The summed E-state index contributed by atoms with van der Waals surface area (Å²) in [5.74, 6) is -1.03. The first-order chi connectivity index (χ1) is 9.54. The molecule has 1 aromatic heterocycles. The van der Waals surface area contributed by atoms with E-state index in [0.717, 1.165) is 4.88 Å². The van der Waals surface area contributed by atoms with Crippen LogP contribution in [0.4, 0.5) is 5.13 Å². The molecular weight excluding hydrogens is 300 g/mol. The van der Waals surface area contributed by atoms with E-state index < -0.39 is 11.9 Å². The van der Waals surface area contributed by atoms with Gasteiger partial charge in [-0.3, -0.25) is 10.1 Å². The van der Waals surface area contributed by atoms with Crippen LogP contribution in [-0.4, -0.2) is 23.5 Å². The molecule has 0 unspecified atom stereocenters. The summed E-state index contributed by atoms with van der Waals surface area (Å²) in [6.45, 7) is 1.51. The molecule has 0 fully saturated rings. The van der Waals surface area contributed by atoms with Crippen LogP contribution in [0.1, 0.15) is 15.2 Å². The molecule has 0 aliphatic rings. The first-order valence-corrected chi connectivity index (χ1v) is 6.89. The molecule has 0 aliphatic carbocycles. The fourth-order valence-corrected chi connectivity index (χ4v) is 2.27. The molecule has 0 atom stereocenters. The van der Waals surface area contributed by atoms with Crippen LogP contribution in [0.3, 0.4) is 0 Å². The summed E-state index contributed by atoms with van der Waals surface area (Å²) in [5, 5.41) is 3.46. The van der Waals surface area contributed by atoms with Gasteiger partial charge in [0.05, 0.1) is 5.56 Å². The lowest BCUT2D eigenvalue weighted by Crippen LogP contribution is -2.20. The number of nitrogens with zero attached hydrogens (tertiary/aromatic N) is 1. The number of hydrogen-bond donors (Lipinski definition) is 1. The van der Waals surface area contributed by atoms with Gasteiger partial charge < -0.3 is 4.74 Å². The third-order valence-electron chi connectivity index (χ3n) is 2.26. The maximum Gasteiger partial charge on any atom is 0.338 e. The Morgan fingerprint density at radius 1 is 1.45 bits per heavy atom. The highest BCUT2D eigenvalue weighted by Crippen LogP contribution is 2.16. The van der Waals surface area contributed by atoms with Crippen LogP contribution in [0.15, 0.2) is 30.5 Å². The van der Waals surface area contributed by atoms with Gasteiger partial charge in [-0.05, 0) is 25.1 Å². The van der Waals surface area contributed by atoms with E-state index in [1.54, 1.807) is 24.4 Å². The third kappa shape index (κ3) is 4.04. The molecule has 0 saturated heterocycles. The average molecular weight is 311 g/mol. The van der Waals surface area contributed by atoms with Crippen molar-refractivity contribution in [3.05, 3.63) is 45.9 Å². The van der Waals surface area contributed by atoms with Gasteiger partial charge in [0.25, 0.3) is 5.91 Å². The topological polar surface area (TPSA) is 68.3 Å². The van der Waals surface area contributed by atoms with Gasteiger partial charge in [0.1, 0.15) is 0 Å². The predicted molar refractivity (Wildman–Crippen MR) is 77.2 cm³/mol. The predicted octanol–water partition coefficient (Wildman–Crippen LogP) is 2.90. The van der Waals surface area contributed by atoms with Crippen LogP contribution in [0.25, 0.3) is 0 Å². The van der Waals surface area contributed by atoms with Gasteiger partial charge >= 0.3 is 5.97 Å². The van der Waals surface area contributed by atoms with Crippen molar-refractivity contribution in [1.29, 1.82) is 0 Å². The van der Waals surface area contributed by atoms with Crippen molar-refractivity contribution in [3.8, 4) is 0 Å². The van der Waals surface area contributed by atoms with Crippen LogP contribution in [0.5, 0.6) is 0 Å². The molecule has 0 aliphatic heterocycles. The molecule has 0 radical (unpaired) electrons. The summed E-state index contributed by atoms with van der Waals surface area (Å²) in [6.07, 6.45) is 1.65. The number of hydrogen-bond acceptors (Lipinski definition) is 5. The minimum Gasteiger partial charge on any atom is -0.452 e. The Balaban J connectivity index is 1.85. The standard InChI is InChI=1S/C13H11ClN2O3S/c1-8-6-15-13(20-8)16-11(17)7-19-12(18)9-3-2-4-10(14)5-9/h2-6H,7H2,1H3,(H,15,16,17). The van der Waals surface area contributed by atoms with Crippen LogP contribution in [0.2, 0.25) is 5.02 Å². The molecule has 1 amide bonds. The molecule has 20 heavy (non-hydrogen) atoms. The lowest BCUT2D eigenvalue weighted by Gasteiger charge is -2.04. The number of aromatic nitrogens is 1. The molecule has 0 saturated carbocycles. The van der Waals surface area contributed by atoms with Crippen LogP contribution in [-0.2, 0) is 9.53 Å². The minimum atomic E-state index is -0.599. The van der Waals surface area contributed by atoms with Crippen molar-refractivity contribution in [2.45, 2.75) is 6.92 Å². The quantitative estimate of drug-likeness (QED) is 0.882. The molecule has 0 bridgehead atoms. The normalized spacial score (nSPS) is 10.1. The number of carbonyl (C=O) groups is 2. The SMILES string of the molecule is Cc1cnc(NC(=O)COC(=O)c2cccc(Cl)c2)s1. The molecular formula is C13H11ClN2O3S. The number of nitrogens with one attached hydrogen (secondary N) is 1. The molecule has 0 spiro atoms. The first kappa shape index (κ1) is 14.5. The number of carbonyl (C=O) groups excluding carboxylic acids is 2. The lowest BCUT2D eigenvalue weighted by atomic mass is 10.2. The third-order valence-corrected chi connectivity index (χ3v) is 3.33. The number of thiazole rings is 1. The van der Waals surface area contributed by atoms with Crippen molar-refractivity contribution in [2.24, 2.45) is 0 Å². The minimum absolute atomic E-state index is 0.301. The van der Waals surface area contributed by atoms with Crippen molar-refractivity contribution >= 4 is 39.9 Å². The second-order valence-corrected chi connectivity index (χ2v) is 5.58. The number of aryl methyl sites for hydroxylation is 1. The monoisotopic (exact) mass is 310 g/mol. The summed E-state index contributed by atoms with van der Waals surface area (Å²) in [6, 6.07) is 6.33. The van der Waals surface area contributed by atoms with E-state index in [2.05, 4.69) is 10.3 Å². The Labute approximate surface area is 124 Å². The molecule has 1 heterocycles. The summed E-state index contributed by atoms with van der Waals surface area (Å²) >= 11 is 7.11. The van der Waals surface area contributed by atoms with Gasteiger partial charge in [-0.15, -0.1) is 11.3 Å². The van der Waals surface area contributed by atoms with E-state index in [1.165, 1.54) is 17.4 Å². The van der Waals surface area contributed by atoms with Crippen molar-refractivity contribution in [2.75, 3.05) is 11.9 Å². The number of benzene rings is 1. The molecule has 1 N–H and O–H groups in total. The number of anilines is 1. The number of amides is 1. The Kier molecular flexibility index (Phi) is 4.70. The fourth-order valence-electron chi connectivity index (χ4n) is 1.40. The summed E-state index contributed by atoms with van der Waals surface area (Å²) < 4.78 is 4.89. The summed E-state index contributed by atoms with van der Waals surface area (Å²) in [7, 11) is 0. The molecule has 2 rings (SSSR count). The largest absolute Gasteiger partial charge is 0.452 e. The van der Waals surface area contributed by atoms with E-state index >= 15 is 0 Å². The van der Waals surface area contributed by atoms with Crippen molar-refractivity contribution < 1.29 is 14.3 Å². The number of esters is 1. The zero-order valence-corrected chi connectivity index (χ0v) is 12.1. The van der Waals surface area contributed by atoms with Crippen molar-refractivity contribution in [1.82, 2.24) is 4.98 Å². The zero-order valence-electron chi connectivity index (χ0n) is 10.6. The molecule has 5 nitrogen and oxygen atoms in total. The Bertz CT molecular complexity index is 642.